The number of carbonyl (C=O) groups is 3. The van der Waals surface area contributed by atoms with Crippen LogP contribution < -0.4 is 0 Å². The fourth-order valence-electron chi connectivity index (χ4n) is 10.8. The third kappa shape index (κ3) is 68.0. The Morgan fingerprint density at radius 1 is 0.247 bits per heavy atom. The van der Waals surface area contributed by atoms with Crippen molar-refractivity contribution in [2.45, 2.75) is 399 Å². The summed E-state index contributed by atoms with van der Waals surface area (Å²) in [5, 5.41) is 0. The van der Waals surface area contributed by atoms with Crippen LogP contribution in [-0.2, 0) is 28.6 Å². The second kappa shape index (κ2) is 69.9. The summed E-state index contributed by atoms with van der Waals surface area (Å²) >= 11 is 0. The highest BCUT2D eigenvalue weighted by Gasteiger charge is 2.19. The molecular formula is C75H138O6. The van der Waals surface area contributed by atoms with Crippen LogP contribution >= 0.6 is 0 Å². The van der Waals surface area contributed by atoms with E-state index in [9.17, 15) is 14.4 Å². The number of ether oxygens (including phenoxy) is 3. The second-order valence-electron chi connectivity index (χ2n) is 24.5. The average Bonchev–Trinajstić information content (AvgIpc) is 3.47. The van der Waals surface area contributed by atoms with Gasteiger partial charge in [0.25, 0.3) is 0 Å². The third-order valence-electron chi connectivity index (χ3n) is 16.3. The van der Waals surface area contributed by atoms with Crippen molar-refractivity contribution < 1.29 is 28.6 Å². The van der Waals surface area contributed by atoms with Crippen molar-refractivity contribution in [2.75, 3.05) is 13.2 Å². The van der Waals surface area contributed by atoms with E-state index in [0.717, 1.165) is 89.9 Å². The van der Waals surface area contributed by atoms with Gasteiger partial charge in [0.2, 0.25) is 0 Å². The van der Waals surface area contributed by atoms with E-state index in [0.29, 0.717) is 19.3 Å². The Balaban J connectivity index is 4.06. The molecule has 0 aromatic rings. The third-order valence-corrected chi connectivity index (χ3v) is 16.3. The summed E-state index contributed by atoms with van der Waals surface area (Å²) in [4.78, 5) is 38.3. The van der Waals surface area contributed by atoms with Gasteiger partial charge in [0, 0.05) is 19.3 Å². The van der Waals surface area contributed by atoms with E-state index in [1.54, 1.807) is 0 Å². The van der Waals surface area contributed by atoms with Crippen LogP contribution in [0.1, 0.15) is 393 Å². The van der Waals surface area contributed by atoms with Crippen LogP contribution in [0.2, 0.25) is 0 Å². The van der Waals surface area contributed by atoms with Gasteiger partial charge in [-0.3, -0.25) is 14.4 Å². The first-order chi connectivity index (χ1) is 40.0. The van der Waals surface area contributed by atoms with E-state index in [2.05, 4.69) is 69.4 Å². The minimum Gasteiger partial charge on any atom is -0.462 e. The van der Waals surface area contributed by atoms with E-state index in [1.807, 2.05) is 0 Å². The highest BCUT2D eigenvalue weighted by Crippen LogP contribution is 2.18. The molecular weight excluding hydrogens is 997 g/mol. The highest BCUT2D eigenvalue weighted by atomic mass is 16.6. The summed E-state index contributed by atoms with van der Waals surface area (Å²) in [7, 11) is 0. The molecule has 0 aliphatic rings. The van der Waals surface area contributed by atoms with Crippen LogP contribution in [0.5, 0.6) is 0 Å². The fraction of sp³-hybridized carbons (Fsp3) is 0.853. The molecule has 0 aliphatic heterocycles. The first-order valence-electron chi connectivity index (χ1n) is 36.1. The first-order valence-corrected chi connectivity index (χ1v) is 36.1. The molecule has 0 fully saturated rings. The van der Waals surface area contributed by atoms with E-state index in [-0.39, 0.29) is 31.1 Å². The molecule has 0 heterocycles. The molecule has 1 atom stereocenters. The molecule has 0 saturated heterocycles. The Kier molecular flexibility index (Phi) is 67.6. The predicted molar refractivity (Wildman–Crippen MR) is 353 cm³/mol. The van der Waals surface area contributed by atoms with Crippen molar-refractivity contribution >= 4 is 17.9 Å². The average molecular weight is 1140 g/mol. The molecule has 0 aliphatic carbocycles. The van der Waals surface area contributed by atoms with Gasteiger partial charge in [-0.15, -0.1) is 0 Å². The van der Waals surface area contributed by atoms with Gasteiger partial charge in [-0.2, -0.15) is 0 Å². The molecule has 474 valence electrons. The maximum Gasteiger partial charge on any atom is 0.306 e. The highest BCUT2D eigenvalue weighted by molar-refractivity contribution is 5.71. The smallest absolute Gasteiger partial charge is 0.306 e. The van der Waals surface area contributed by atoms with Crippen LogP contribution in [0.25, 0.3) is 0 Å². The van der Waals surface area contributed by atoms with Crippen molar-refractivity contribution in [3.63, 3.8) is 0 Å². The van der Waals surface area contributed by atoms with Crippen molar-refractivity contribution in [1.29, 1.82) is 0 Å². The molecule has 6 heteroatoms. The lowest BCUT2D eigenvalue weighted by molar-refractivity contribution is -0.167. The van der Waals surface area contributed by atoms with Gasteiger partial charge in [0.15, 0.2) is 6.10 Å². The monoisotopic (exact) mass is 1140 g/mol. The lowest BCUT2D eigenvalue weighted by atomic mass is 10.0. The van der Waals surface area contributed by atoms with Crippen molar-refractivity contribution in [1.82, 2.24) is 0 Å². The Labute approximate surface area is 505 Å². The van der Waals surface area contributed by atoms with Crippen LogP contribution in [0.4, 0.5) is 0 Å². The standard InChI is InChI=1S/C75H138O6/c1-4-7-10-13-16-19-22-25-27-29-30-31-32-33-34-35-36-37-38-39-40-41-42-43-44-45-46-47-49-50-53-56-59-62-65-68-74(77)80-71-72(70-79-73(76)67-64-61-58-55-52-24-21-18-15-12-9-6-3)81-75(78)69-66-63-60-57-54-51-48-28-26-23-20-17-14-11-8-5-2/h18,20-21,23,28-30,48,72H,4-17,19,22,24-27,31-47,49-71H2,1-3H3/b21-18-,23-20-,30-29-,48-28-. The summed E-state index contributed by atoms with van der Waals surface area (Å²) in [5.74, 6) is -0.879. The maximum atomic E-state index is 12.9. The Hall–Kier alpha value is -2.63. The number of carbonyl (C=O) groups excluding carboxylic acids is 3. The lowest BCUT2D eigenvalue weighted by Crippen LogP contribution is -2.30. The molecule has 1 unspecified atom stereocenters. The molecule has 0 saturated carbocycles. The van der Waals surface area contributed by atoms with Gasteiger partial charge >= 0.3 is 17.9 Å². The van der Waals surface area contributed by atoms with Crippen molar-refractivity contribution in [3.05, 3.63) is 48.6 Å². The zero-order valence-electron chi connectivity index (χ0n) is 54.6. The summed E-state index contributed by atoms with van der Waals surface area (Å²) < 4.78 is 16.9. The van der Waals surface area contributed by atoms with Gasteiger partial charge < -0.3 is 14.2 Å². The van der Waals surface area contributed by atoms with E-state index in [4.69, 9.17) is 14.2 Å². The molecule has 81 heavy (non-hydrogen) atoms. The number of allylic oxidation sites excluding steroid dienone is 8. The van der Waals surface area contributed by atoms with Crippen molar-refractivity contribution in [3.8, 4) is 0 Å². The lowest BCUT2D eigenvalue weighted by Gasteiger charge is -2.18. The van der Waals surface area contributed by atoms with E-state index in [1.165, 1.54) is 263 Å². The molecule has 0 amide bonds. The minimum absolute atomic E-state index is 0.0777. The largest absolute Gasteiger partial charge is 0.462 e. The minimum atomic E-state index is -0.783. The topological polar surface area (TPSA) is 78.9 Å². The summed E-state index contributed by atoms with van der Waals surface area (Å²) in [6.45, 7) is 6.63. The van der Waals surface area contributed by atoms with Gasteiger partial charge in [0.1, 0.15) is 13.2 Å². The zero-order valence-corrected chi connectivity index (χ0v) is 54.6. The van der Waals surface area contributed by atoms with E-state index >= 15 is 0 Å². The summed E-state index contributed by atoms with van der Waals surface area (Å²) in [6.07, 6.45) is 88.8. The molecule has 0 aromatic carbocycles. The number of hydrogen-bond acceptors (Lipinski definition) is 6. The molecule has 0 radical (unpaired) electrons. The van der Waals surface area contributed by atoms with Crippen LogP contribution in [0.15, 0.2) is 48.6 Å². The maximum absolute atomic E-state index is 12.9. The van der Waals surface area contributed by atoms with Gasteiger partial charge in [-0.05, 0) is 103 Å². The molecule has 0 spiro atoms. The second-order valence-corrected chi connectivity index (χ2v) is 24.5. The Morgan fingerprint density at radius 3 is 0.728 bits per heavy atom. The van der Waals surface area contributed by atoms with Gasteiger partial charge in [-0.1, -0.05) is 320 Å². The summed E-state index contributed by atoms with van der Waals surface area (Å²) in [5.41, 5.74) is 0. The quantitative estimate of drug-likeness (QED) is 0.0261. The first kappa shape index (κ1) is 78.4. The zero-order chi connectivity index (χ0) is 58.5. The molecule has 0 bridgehead atoms. The van der Waals surface area contributed by atoms with E-state index < -0.39 is 6.10 Å². The van der Waals surface area contributed by atoms with Crippen molar-refractivity contribution in [2.24, 2.45) is 0 Å². The number of rotatable bonds is 67. The van der Waals surface area contributed by atoms with Crippen LogP contribution in [-0.4, -0.2) is 37.2 Å². The molecule has 6 nitrogen and oxygen atoms in total. The Bertz CT molecular complexity index is 1400. The van der Waals surface area contributed by atoms with Crippen LogP contribution in [0.3, 0.4) is 0 Å². The normalized spacial score (nSPS) is 12.3. The molecule has 0 rings (SSSR count). The fourth-order valence-corrected chi connectivity index (χ4v) is 10.8. The molecule has 0 N–H and O–H groups in total. The predicted octanol–water partition coefficient (Wildman–Crippen LogP) is 24.9. The number of hydrogen-bond donors (Lipinski definition) is 0. The molecule has 0 aromatic heterocycles. The van der Waals surface area contributed by atoms with Crippen LogP contribution in [0, 0.1) is 0 Å². The number of unbranched alkanes of at least 4 members (excludes halogenated alkanes) is 48. The SMILES string of the molecule is CCCCC/C=C\CCCCCCCC(=O)OCC(COC(=O)CCCCCCCCCCCCCCCCCCCCCCCCC/C=C\CCCCCCCCCC)OC(=O)CCCCCCC/C=C\C/C=C\CCCCCC. The summed E-state index contributed by atoms with van der Waals surface area (Å²) in [6, 6.07) is 0. The van der Waals surface area contributed by atoms with Gasteiger partial charge in [-0.25, -0.2) is 0 Å². The van der Waals surface area contributed by atoms with Gasteiger partial charge in [0.05, 0.1) is 0 Å². The Morgan fingerprint density at radius 2 is 0.444 bits per heavy atom. The number of esters is 3.